The molecule has 3 nitrogen and oxygen atoms in total. The molecule has 0 aromatic heterocycles. The fraction of sp³-hybridized carbons (Fsp3) is 0.227. The van der Waals surface area contributed by atoms with Crippen LogP contribution in [0.1, 0.15) is 30.9 Å². The second-order valence-corrected chi connectivity index (χ2v) is 6.26. The van der Waals surface area contributed by atoms with Crippen molar-refractivity contribution < 1.29 is 14.3 Å². The number of carbonyl (C=O) groups excluding carboxylic acids is 1. The highest BCUT2D eigenvalue weighted by molar-refractivity contribution is 5.80. The van der Waals surface area contributed by atoms with Crippen LogP contribution < -0.4 is 4.74 Å². The number of ether oxygens (including phenoxy) is 2. The lowest BCUT2D eigenvalue weighted by Crippen LogP contribution is -2.37. The van der Waals surface area contributed by atoms with Gasteiger partial charge in [-0.15, -0.1) is 6.58 Å². The Kier molecular flexibility index (Phi) is 5.03. The quantitative estimate of drug-likeness (QED) is 0.488. The molecule has 0 aliphatic heterocycles. The molecule has 1 fully saturated rings. The van der Waals surface area contributed by atoms with Crippen LogP contribution in [0.15, 0.2) is 79.9 Å². The van der Waals surface area contributed by atoms with Crippen molar-refractivity contribution in [2.75, 3.05) is 0 Å². The van der Waals surface area contributed by atoms with Crippen molar-refractivity contribution in [2.24, 2.45) is 5.41 Å². The molecule has 0 amide bonds. The first-order valence-corrected chi connectivity index (χ1v) is 8.47. The van der Waals surface area contributed by atoms with Crippen molar-refractivity contribution in [1.82, 2.24) is 0 Å². The van der Waals surface area contributed by atoms with E-state index in [4.69, 9.17) is 9.47 Å². The molecule has 1 unspecified atom stereocenters. The van der Waals surface area contributed by atoms with E-state index < -0.39 is 11.5 Å². The van der Waals surface area contributed by atoms with Crippen LogP contribution in [0.4, 0.5) is 0 Å². The average molecular weight is 334 g/mol. The third kappa shape index (κ3) is 3.66. The molecule has 1 aliphatic rings. The van der Waals surface area contributed by atoms with E-state index in [-0.39, 0.29) is 5.97 Å². The minimum Gasteiger partial charge on any atom is -0.457 e. The molecule has 1 aliphatic carbocycles. The molecule has 1 saturated carbocycles. The molecule has 0 radical (unpaired) electrons. The Morgan fingerprint density at radius 1 is 1.04 bits per heavy atom. The first kappa shape index (κ1) is 17.0. The zero-order valence-electron chi connectivity index (χ0n) is 14.2. The van der Waals surface area contributed by atoms with Crippen molar-refractivity contribution in [2.45, 2.75) is 25.4 Å². The van der Waals surface area contributed by atoms with E-state index in [1.54, 1.807) is 12.2 Å². The van der Waals surface area contributed by atoms with Crippen molar-refractivity contribution in [3.63, 3.8) is 0 Å². The Morgan fingerprint density at radius 2 is 1.76 bits per heavy atom. The van der Waals surface area contributed by atoms with Gasteiger partial charge in [0.15, 0.2) is 0 Å². The van der Waals surface area contributed by atoms with Crippen LogP contribution in [0.3, 0.4) is 0 Å². The molecular weight excluding hydrogens is 312 g/mol. The van der Waals surface area contributed by atoms with E-state index in [2.05, 4.69) is 13.2 Å². The topological polar surface area (TPSA) is 35.5 Å². The van der Waals surface area contributed by atoms with Gasteiger partial charge in [-0.3, -0.25) is 4.79 Å². The van der Waals surface area contributed by atoms with Gasteiger partial charge in [-0.05, 0) is 43.2 Å². The second kappa shape index (κ2) is 7.39. The fourth-order valence-electron chi connectivity index (χ4n) is 2.91. The molecule has 0 heterocycles. The van der Waals surface area contributed by atoms with Crippen molar-refractivity contribution in [3.8, 4) is 11.5 Å². The van der Waals surface area contributed by atoms with Gasteiger partial charge in [0.05, 0.1) is 5.41 Å². The summed E-state index contributed by atoms with van der Waals surface area (Å²) in [6, 6.07) is 17.1. The second-order valence-electron chi connectivity index (χ2n) is 6.26. The number of rotatable bonds is 7. The smallest absolute Gasteiger partial charge is 0.316 e. The van der Waals surface area contributed by atoms with Crippen LogP contribution in [0, 0.1) is 5.41 Å². The van der Waals surface area contributed by atoms with Gasteiger partial charge in [-0.1, -0.05) is 49.4 Å². The molecule has 3 heteroatoms. The average Bonchev–Trinajstić information content (AvgIpc) is 2.60. The summed E-state index contributed by atoms with van der Waals surface area (Å²) in [6.07, 6.45) is 5.47. The number of hydrogen-bond donors (Lipinski definition) is 0. The molecule has 2 aromatic rings. The zero-order chi connectivity index (χ0) is 17.7. The first-order chi connectivity index (χ1) is 12.2. The maximum Gasteiger partial charge on any atom is 0.316 e. The van der Waals surface area contributed by atoms with Gasteiger partial charge in [0.2, 0.25) is 0 Å². The fourth-order valence-corrected chi connectivity index (χ4v) is 2.91. The van der Waals surface area contributed by atoms with Crippen LogP contribution >= 0.6 is 0 Å². The summed E-state index contributed by atoms with van der Waals surface area (Å²) in [5.41, 5.74) is 0.301. The Hall–Kier alpha value is -2.81. The van der Waals surface area contributed by atoms with E-state index in [0.29, 0.717) is 5.75 Å². The third-order valence-corrected chi connectivity index (χ3v) is 4.66. The summed E-state index contributed by atoms with van der Waals surface area (Å²) >= 11 is 0. The molecule has 0 saturated heterocycles. The predicted molar refractivity (Wildman–Crippen MR) is 98.5 cm³/mol. The van der Waals surface area contributed by atoms with Gasteiger partial charge in [0.1, 0.15) is 17.6 Å². The highest BCUT2D eigenvalue weighted by atomic mass is 16.5. The van der Waals surface area contributed by atoms with Gasteiger partial charge >= 0.3 is 5.97 Å². The van der Waals surface area contributed by atoms with E-state index in [0.717, 1.165) is 30.6 Å². The monoisotopic (exact) mass is 334 g/mol. The SMILES string of the molecule is C=CC(OC(=O)C1(C=C)CCC1)c1cccc(Oc2ccccc2)c1. The van der Waals surface area contributed by atoms with Crippen molar-refractivity contribution in [1.29, 1.82) is 0 Å². The van der Waals surface area contributed by atoms with Gasteiger partial charge in [-0.25, -0.2) is 0 Å². The number of hydrogen-bond acceptors (Lipinski definition) is 3. The largest absolute Gasteiger partial charge is 0.457 e. The van der Waals surface area contributed by atoms with Gasteiger partial charge in [0.25, 0.3) is 0 Å². The molecule has 0 N–H and O–H groups in total. The Labute approximate surface area is 148 Å². The standard InChI is InChI=1S/C22H22O3/c1-3-20(25-21(23)22(4-2)14-9-15-22)17-10-8-13-19(16-17)24-18-11-6-5-7-12-18/h3-8,10-13,16,20H,1-2,9,14-15H2. The number of benzene rings is 2. The lowest BCUT2D eigenvalue weighted by Gasteiger charge is -2.37. The molecule has 25 heavy (non-hydrogen) atoms. The van der Waals surface area contributed by atoms with Gasteiger partial charge < -0.3 is 9.47 Å². The number of esters is 1. The Bertz CT molecular complexity index is 760. The van der Waals surface area contributed by atoms with Crippen LogP contribution in [-0.2, 0) is 9.53 Å². The van der Waals surface area contributed by atoms with Crippen LogP contribution in [0.25, 0.3) is 0 Å². The maximum absolute atomic E-state index is 12.5. The molecule has 3 rings (SSSR count). The van der Waals surface area contributed by atoms with Crippen molar-refractivity contribution >= 4 is 5.97 Å². The van der Waals surface area contributed by atoms with Crippen LogP contribution in [0.2, 0.25) is 0 Å². The number of para-hydroxylation sites is 1. The summed E-state index contributed by atoms with van der Waals surface area (Å²) in [5, 5.41) is 0. The maximum atomic E-state index is 12.5. The molecule has 128 valence electrons. The molecule has 0 spiro atoms. The summed E-state index contributed by atoms with van der Waals surface area (Å²) in [7, 11) is 0. The Morgan fingerprint density at radius 3 is 2.36 bits per heavy atom. The highest BCUT2D eigenvalue weighted by Crippen LogP contribution is 2.44. The van der Waals surface area contributed by atoms with Crippen LogP contribution in [-0.4, -0.2) is 5.97 Å². The van der Waals surface area contributed by atoms with Crippen LogP contribution in [0.5, 0.6) is 11.5 Å². The normalized spacial score (nSPS) is 16.2. The summed E-state index contributed by atoms with van der Waals surface area (Å²) in [6.45, 7) is 7.61. The van der Waals surface area contributed by atoms with E-state index in [1.165, 1.54) is 0 Å². The van der Waals surface area contributed by atoms with Crippen molar-refractivity contribution in [3.05, 3.63) is 85.5 Å². The van der Waals surface area contributed by atoms with E-state index in [9.17, 15) is 4.79 Å². The number of carbonyl (C=O) groups is 1. The summed E-state index contributed by atoms with van der Waals surface area (Å²) in [5.74, 6) is 1.22. The highest BCUT2D eigenvalue weighted by Gasteiger charge is 2.43. The molecular formula is C22H22O3. The van der Waals surface area contributed by atoms with E-state index in [1.807, 2.05) is 54.6 Å². The minimum absolute atomic E-state index is 0.229. The third-order valence-electron chi connectivity index (χ3n) is 4.66. The van der Waals surface area contributed by atoms with E-state index >= 15 is 0 Å². The lowest BCUT2D eigenvalue weighted by atomic mass is 9.69. The molecule has 0 bridgehead atoms. The van der Waals surface area contributed by atoms with Gasteiger partial charge in [0, 0.05) is 5.56 Å². The Balaban J connectivity index is 1.75. The predicted octanol–water partition coefficient (Wildman–Crippen LogP) is 5.61. The zero-order valence-corrected chi connectivity index (χ0v) is 14.2. The molecule has 1 atom stereocenters. The minimum atomic E-state index is -0.528. The summed E-state index contributed by atoms with van der Waals surface area (Å²) < 4.78 is 11.6. The molecule has 2 aromatic carbocycles. The van der Waals surface area contributed by atoms with Gasteiger partial charge in [-0.2, -0.15) is 0 Å². The first-order valence-electron chi connectivity index (χ1n) is 8.47. The summed E-state index contributed by atoms with van der Waals surface area (Å²) in [4.78, 5) is 12.5. The lowest BCUT2D eigenvalue weighted by molar-refractivity contribution is -0.161.